The van der Waals surface area contributed by atoms with Gasteiger partial charge in [0.25, 0.3) is 0 Å². The largest absolute Gasteiger partial charge is 0.489 e. The molecule has 0 unspecified atom stereocenters. The fourth-order valence-corrected chi connectivity index (χ4v) is 1.38. The quantitative estimate of drug-likeness (QED) is 0.791. The Morgan fingerprint density at radius 3 is 3.00 bits per heavy atom. The molecule has 0 bridgehead atoms. The molecule has 2 aromatic heterocycles. The fraction of sp³-hybridized carbons (Fsp3) is 0.400. The molecule has 3 N–H and O–H groups in total. The molecule has 2 aromatic rings. The molecule has 0 fully saturated rings. The first-order valence-corrected chi connectivity index (χ1v) is 4.91. The van der Waals surface area contributed by atoms with E-state index in [2.05, 4.69) is 15.0 Å². The van der Waals surface area contributed by atoms with E-state index in [4.69, 9.17) is 10.5 Å². The van der Waals surface area contributed by atoms with Crippen LogP contribution >= 0.6 is 0 Å². The van der Waals surface area contributed by atoms with Crippen LogP contribution in [-0.4, -0.2) is 21.1 Å². The highest BCUT2D eigenvalue weighted by atomic mass is 16.5. The second-order valence-corrected chi connectivity index (χ2v) is 3.56. The zero-order valence-electron chi connectivity index (χ0n) is 8.82. The SMILES string of the molecule is CC(C)Oc1ccnc2nc(CN)[nH]c12. The third kappa shape index (κ3) is 1.92. The van der Waals surface area contributed by atoms with E-state index in [0.29, 0.717) is 12.2 Å². The molecule has 0 aliphatic heterocycles. The number of rotatable bonds is 3. The predicted octanol–water partition coefficient (Wildman–Crippen LogP) is 1.20. The summed E-state index contributed by atoms with van der Waals surface area (Å²) in [6, 6.07) is 1.82. The van der Waals surface area contributed by atoms with E-state index in [0.717, 1.165) is 17.1 Å². The average molecular weight is 206 g/mol. The number of hydrogen-bond donors (Lipinski definition) is 2. The van der Waals surface area contributed by atoms with Gasteiger partial charge in [-0.3, -0.25) is 0 Å². The van der Waals surface area contributed by atoms with Crippen molar-refractivity contribution in [1.82, 2.24) is 15.0 Å². The lowest BCUT2D eigenvalue weighted by Gasteiger charge is -2.09. The zero-order valence-corrected chi connectivity index (χ0v) is 8.82. The lowest BCUT2D eigenvalue weighted by molar-refractivity contribution is 0.245. The molecular formula is C10H14N4O. The van der Waals surface area contributed by atoms with E-state index in [1.54, 1.807) is 6.20 Å². The van der Waals surface area contributed by atoms with Gasteiger partial charge in [0.2, 0.25) is 0 Å². The number of hydrogen-bond acceptors (Lipinski definition) is 4. The Bertz CT molecular complexity index is 463. The van der Waals surface area contributed by atoms with Crippen molar-refractivity contribution >= 4 is 11.2 Å². The summed E-state index contributed by atoms with van der Waals surface area (Å²) in [6.45, 7) is 4.33. The maximum Gasteiger partial charge on any atom is 0.181 e. The number of nitrogens with zero attached hydrogens (tertiary/aromatic N) is 2. The molecule has 0 aliphatic carbocycles. The second-order valence-electron chi connectivity index (χ2n) is 3.56. The van der Waals surface area contributed by atoms with Crippen LogP contribution in [0.25, 0.3) is 11.2 Å². The van der Waals surface area contributed by atoms with Gasteiger partial charge in [0, 0.05) is 12.3 Å². The predicted molar refractivity (Wildman–Crippen MR) is 57.5 cm³/mol. The summed E-state index contributed by atoms with van der Waals surface area (Å²) < 4.78 is 5.63. The monoisotopic (exact) mass is 206 g/mol. The zero-order chi connectivity index (χ0) is 10.8. The van der Waals surface area contributed by atoms with Crippen LogP contribution in [0.4, 0.5) is 0 Å². The second kappa shape index (κ2) is 3.86. The number of aromatic amines is 1. The average Bonchev–Trinajstić information content (AvgIpc) is 2.61. The number of fused-ring (bicyclic) bond motifs is 1. The summed E-state index contributed by atoms with van der Waals surface area (Å²) in [7, 11) is 0. The minimum atomic E-state index is 0.125. The molecule has 80 valence electrons. The van der Waals surface area contributed by atoms with Crippen molar-refractivity contribution in [2.24, 2.45) is 5.73 Å². The van der Waals surface area contributed by atoms with Crippen molar-refractivity contribution in [2.75, 3.05) is 0 Å². The summed E-state index contributed by atoms with van der Waals surface area (Å²) in [6.07, 6.45) is 1.81. The molecule has 0 saturated heterocycles. The fourth-order valence-electron chi connectivity index (χ4n) is 1.38. The minimum absolute atomic E-state index is 0.125. The van der Waals surface area contributed by atoms with Gasteiger partial charge in [-0.25, -0.2) is 9.97 Å². The number of imidazole rings is 1. The molecule has 0 aliphatic rings. The van der Waals surface area contributed by atoms with Gasteiger partial charge in [0.05, 0.1) is 12.6 Å². The smallest absolute Gasteiger partial charge is 0.181 e. The summed E-state index contributed by atoms with van der Waals surface area (Å²) in [5.41, 5.74) is 6.96. The Morgan fingerprint density at radius 1 is 1.53 bits per heavy atom. The van der Waals surface area contributed by atoms with Crippen LogP contribution in [0.2, 0.25) is 0 Å². The van der Waals surface area contributed by atoms with Crippen LogP contribution in [0.1, 0.15) is 19.7 Å². The van der Waals surface area contributed by atoms with Gasteiger partial charge in [0.1, 0.15) is 17.1 Å². The summed E-state index contributed by atoms with van der Waals surface area (Å²) >= 11 is 0. The number of pyridine rings is 1. The Balaban J connectivity index is 2.49. The minimum Gasteiger partial charge on any atom is -0.489 e. The molecule has 0 spiro atoms. The van der Waals surface area contributed by atoms with Crippen LogP contribution in [0.3, 0.4) is 0 Å². The van der Waals surface area contributed by atoms with E-state index in [1.807, 2.05) is 19.9 Å². The Morgan fingerprint density at radius 2 is 2.33 bits per heavy atom. The van der Waals surface area contributed by atoms with Gasteiger partial charge in [-0.2, -0.15) is 0 Å². The highest BCUT2D eigenvalue weighted by Crippen LogP contribution is 2.22. The molecule has 5 heteroatoms. The van der Waals surface area contributed by atoms with Crippen molar-refractivity contribution in [2.45, 2.75) is 26.5 Å². The maximum atomic E-state index is 5.63. The van der Waals surface area contributed by atoms with Gasteiger partial charge in [0.15, 0.2) is 5.65 Å². The third-order valence-corrected chi connectivity index (χ3v) is 1.96. The highest BCUT2D eigenvalue weighted by molar-refractivity contribution is 5.77. The summed E-state index contributed by atoms with van der Waals surface area (Å²) in [4.78, 5) is 11.5. The van der Waals surface area contributed by atoms with E-state index < -0.39 is 0 Å². The lowest BCUT2D eigenvalue weighted by Crippen LogP contribution is -2.06. The Hall–Kier alpha value is -1.62. The van der Waals surface area contributed by atoms with Crippen LogP contribution in [0.15, 0.2) is 12.3 Å². The highest BCUT2D eigenvalue weighted by Gasteiger charge is 2.09. The number of nitrogens with one attached hydrogen (secondary N) is 1. The molecule has 15 heavy (non-hydrogen) atoms. The normalized spacial score (nSPS) is 11.2. The first kappa shape index (κ1) is 9.92. The first-order chi connectivity index (χ1) is 7.20. The number of aromatic nitrogens is 3. The van der Waals surface area contributed by atoms with Gasteiger partial charge in [-0.15, -0.1) is 0 Å². The van der Waals surface area contributed by atoms with Gasteiger partial charge in [-0.1, -0.05) is 0 Å². The lowest BCUT2D eigenvalue weighted by atomic mass is 10.4. The van der Waals surface area contributed by atoms with Crippen LogP contribution in [0, 0.1) is 0 Å². The van der Waals surface area contributed by atoms with Gasteiger partial charge >= 0.3 is 0 Å². The topological polar surface area (TPSA) is 76.8 Å². The van der Waals surface area contributed by atoms with Crippen LogP contribution in [-0.2, 0) is 6.54 Å². The molecular weight excluding hydrogens is 192 g/mol. The van der Waals surface area contributed by atoms with Crippen molar-refractivity contribution < 1.29 is 4.74 Å². The van der Waals surface area contributed by atoms with Crippen molar-refractivity contribution in [3.05, 3.63) is 18.1 Å². The first-order valence-electron chi connectivity index (χ1n) is 4.91. The maximum absolute atomic E-state index is 5.63. The van der Waals surface area contributed by atoms with Crippen LogP contribution < -0.4 is 10.5 Å². The van der Waals surface area contributed by atoms with Crippen molar-refractivity contribution in [3.8, 4) is 5.75 Å². The van der Waals surface area contributed by atoms with Crippen molar-refractivity contribution in [3.63, 3.8) is 0 Å². The molecule has 5 nitrogen and oxygen atoms in total. The van der Waals surface area contributed by atoms with Crippen molar-refractivity contribution in [1.29, 1.82) is 0 Å². The van der Waals surface area contributed by atoms with Gasteiger partial charge < -0.3 is 15.5 Å². The van der Waals surface area contributed by atoms with E-state index in [-0.39, 0.29) is 6.10 Å². The molecule has 0 aromatic carbocycles. The molecule has 2 heterocycles. The Labute approximate surface area is 87.7 Å². The molecule has 0 atom stereocenters. The van der Waals surface area contributed by atoms with Crippen LogP contribution in [0.5, 0.6) is 5.75 Å². The summed E-state index contributed by atoms with van der Waals surface area (Å²) in [5, 5.41) is 0. The standard InChI is InChI=1S/C10H14N4O/c1-6(2)15-7-3-4-12-10-9(7)13-8(5-11)14-10/h3-4,6H,5,11H2,1-2H3,(H,12,13,14). The van der Waals surface area contributed by atoms with Gasteiger partial charge in [-0.05, 0) is 13.8 Å². The number of nitrogens with two attached hydrogens (primary N) is 1. The third-order valence-electron chi connectivity index (χ3n) is 1.96. The van der Waals surface area contributed by atoms with E-state index in [1.165, 1.54) is 0 Å². The number of H-pyrrole nitrogens is 1. The van der Waals surface area contributed by atoms with E-state index >= 15 is 0 Å². The van der Waals surface area contributed by atoms with E-state index in [9.17, 15) is 0 Å². The molecule has 0 radical (unpaired) electrons. The summed E-state index contributed by atoms with van der Waals surface area (Å²) in [5.74, 6) is 1.49. The molecule has 0 saturated carbocycles. The number of ether oxygens (including phenoxy) is 1. The Kier molecular flexibility index (Phi) is 2.55. The molecule has 2 rings (SSSR count). The molecule has 0 amide bonds.